The van der Waals surface area contributed by atoms with E-state index in [0.717, 1.165) is 0 Å². The van der Waals surface area contributed by atoms with Crippen molar-refractivity contribution in [3.63, 3.8) is 0 Å². The molecule has 0 spiro atoms. The van der Waals surface area contributed by atoms with Crippen LogP contribution in [0, 0.1) is 0 Å². The van der Waals surface area contributed by atoms with E-state index in [4.69, 9.17) is 5.73 Å². The van der Waals surface area contributed by atoms with E-state index >= 15 is 0 Å². The number of ether oxygens (including phenoxy) is 1. The van der Waals surface area contributed by atoms with E-state index in [1.165, 1.54) is 12.0 Å². The van der Waals surface area contributed by atoms with Gasteiger partial charge in [-0.15, -0.1) is 0 Å². The summed E-state index contributed by atoms with van der Waals surface area (Å²) in [6, 6.07) is -0.417. The van der Waals surface area contributed by atoms with Crippen molar-refractivity contribution in [1.29, 1.82) is 0 Å². The minimum Gasteiger partial charge on any atom is -0.468 e. The maximum absolute atomic E-state index is 10.8. The summed E-state index contributed by atoms with van der Waals surface area (Å²) < 4.78 is 4.37. The van der Waals surface area contributed by atoms with Gasteiger partial charge in [-0.3, -0.25) is 9.59 Å². The topological polar surface area (TPSA) is 72.6 Å². The van der Waals surface area contributed by atoms with E-state index in [-0.39, 0.29) is 12.5 Å². The Labute approximate surface area is 64.1 Å². The van der Waals surface area contributed by atoms with E-state index in [2.05, 4.69) is 4.74 Å². The number of likely N-dealkylation sites (tertiary alicyclic amines) is 1. The number of methoxy groups -OCH3 is 1. The molecular weight excluding hydrogens is 148 g/mol. The van der Waals surface area contributed by atoms with E-state index in [1.54, 1.807) is 0 Å². The zero-order valence-electron chi connectivity index (χ0n) is 6.24. The predicted octanol–water partition coefficient (Wildman–Crippen LogP) is -1.67. The molecule has 0 bridgehead atoms. The van der Waals surface area contributed by atoms with Crippen molar-refractivity contribution < 1.29 is 14.3 Å². The van der Waals surface area contributed by atoms with Gasteiger partial charge in [0.25, 0.3) is 0 Å². The fourth-order valence-electron chi connectivity index (χ4n) is 0.890. The first-order valence-electron chi connectivity index (χ1n) is 3.26. The van der Waals surface area contributed by atoms with Gasteiger partial charge in [0, 0.05) is 6.54 Å². The van der Waals surface area contributed by atoms with Gasteiger partial charge in [0.15, 0.2) is 0 Å². The maximum atomic E-state index is 10.8. The number of carbonyl (C=O) groups is 2. The molecule has 0 unspecified atom stereocenters. The molecule has 1 heterocycles. The van der Waals surface area contributed by atoms with Crippen molar-refractivity contribution >= 4 is 11.9 Å². The van der Waals surface area contributed by atoms with E-state index < -0.39 is 12.0 Å². The first-order valence-corrected chi connectivity index (χ1v) is 3.26. The minimum atomic E-state index is -0.417. The van der Waals surface area contributed by atoms with Gasteiger partial charge in [0.1, 0.15) is 12.6 Å². The fourth-order valence-corrected chi connectivity index (χ4v) is 0.890. The van der Waals surface area contributed by atoms with Gasteiger partial charge in [0.2, 0.25) is 5.91 Å². The molecule has 1 amide bonds. The van der Waals surface area contributed by atoms with Crippen molar-refractivity contribution in [3.05, 3.63) is 0 Å². The van der Waals surface area contributed by atoms with Gasteiger partial charge in [-0.2, -0.15) is 0 Å². The smallest absolute Gasteiger partial charge is 0.325 e. The number of rotatable bonds is 2. The summed E-state index contributed by atoms with van der Waals surface area (Å²) in [5, 5.41) is 0. The third-order valence-electron chi connectivity index (χ3n) is 1.59. The Hall–Kier alpha value is -1.10. The van der Waals surface area contributed by atoms with E-state index in [9.17, 15) is 9.59 Å². The molecule has 0 aromatic carbocycles. The van der Waals surface area contributed by atoms with Crippen molar-refractivity contribution in [2.75, 3.05) is 20.2 Å². The van der Waals surface area contributed by atoms with Crippen LogP contribution in [0.2, 0.25) is 0 Å². The van der Waals surface area contributed by atoms with Crippen LogP contribution in [0.25, 0.3) is 0 Å². The molecule has 1 rings (SSSR count). The number of amides is 1. The third kappa shape index (κ3) is 1.48. The van der Waals surface area contributed by atoms with Gasteiger partial charge < -0.3 is 15.4 Å². The number of nitrogens with two attached hydrogens (primary N) is 1. The van der Waals surface area contributed by atoms with Crippen LogP contribution >= 0.6 is 0 Å². The normalized spacial score (nSPS) is 22.9. The molecule has 1 aliphatic heterocycles. The number of carbonyl (C=O) groups excluding carboxylic acids is 2. The Balaban J connectivity index is 2.30. The summed E-state index contributed by atoms with van der Waals surface area (Å²) >= 11 is 0. The average molecular weight is 158 g/mol. The number of esters is 1. The SMILES string of the molecule is COC(=O)CN1C[C@@H](N)C1=O. The predicted molar refractivity (Wildman–Crippen MR) is 36.6 cm³/mol. The van der Waals surface area contributed by atoms with Crippen LogP contribution in [0.4, 0.5) is 0 Å². The molecule has 2 N–H and O–H groups in total. The highest BCUT2D eigenvalue weighted by Gasteiger charge is 2.34. The number of nitrogens with zero attached hydrogens (tertiary/aromatic N) is 1. The van der Waals surface area contributed by atoms with Gasteiger partial charge in [-0.05, 0) is 0 Å². The number of hydrogen-bond donors (Lipinski definition) is 1. The fraction of sp³-hybridized carbons (Fsp3) is 0.667. The summed E-state index contributed by atoms with van der Waals surface area (Å²) in [7, 11) is 1.28. The molecule has 0 radical (unpaired) electrons. The molecule has 0 aromatic heterocycles. The second-order valence-corrected chi connectivity index (χ2v) is 2.40. The highest BCUT2D eigenvalue weighted by atomic mass is 16.5. The Morgan fingerprint density at radius 3 is 2.91 bits per heavy atom. The van der Waals surface area contributed by atoms with E-state index in [0.29, 0.717) is 6.54 Å². The van der Waals surface area contributed by atoms with Crippen LogP contribution < -0.4 is 5.73 Å². The molecule has 5 nitrogen and oxygen atoms in total. The largest absolute Gasteiger partial charge is 0.468 e. The first-order chi connectivity index (χ1) is 5.15. The van der Waals surface area contributed by atoms with Gasteiger partial charge in [0.05, 0.1) is 7.11 Å². The van der Waals surface area contributed by atoms with Crippen molar-refractivity contribution in [2.45, 2.75) is 6.04 Å². The highest BCUT2D eigenvalue weighted by Crippen LogP contribution is 2.06. The molecular formula is C6H10N2O3. The summed E-state index contributed by atoms with van der Waals surface area (Å²) in [6.45, 7) is 0.469. The number of β-lactam (4-membered cyclic amide) rings is 1. The monoisotopic (exact) mass is 158 g/mol. The van der Waals surface area contributed by atoms with Crippen molar-refractivity contribution in [3.8, 4) is 0 Å². The highest BCUT2D eigenvalue weighted by molar-refractivity contribution is 5.90. The lowest BCUT2D eigenvalue weighted by molar-refractivity contribution is -0.153. The second kappa shape index (κ2) is 2.87. The minimum absolute atomic E-state index is 0.0169. The zero-order chi connectivity index (χ0) is 8.43. The Morgan fingerprint density at radius 2 is 2.55 bits per heavy atom. The molecule has 5 heteroatoms. The van der Waals surface area contributed by atoms with Crippen molar-refractivity contribution in [2.24, 2.45) is 5.73 Å². The van der Waals surface area contributed by atoms with E-state index in [1.807, 2.05) is 0 Å². The molecule has 0 saturated carbocycles. The maximum Gasteiger partial charge on any atom is 0.325 e. The summed E-state index contributed by atoms with van der Waals surface area (Å²) in [4.78, 5) is 22.8. The Bertz CT molecular complexity index is 192. The third-order valence-corrected chi connectivity index (χ3v) is 1.59. The van der Waals surface area contributed by atoms with Crippen LogP contribution in [-0.2, 0) is 14.3 Å². The van der Waals surface area contributed by atoms with Gasteiger partial charge in [-0.25, -0.2) is 0 Å². The van der Waals surface area contributed by atoms with Crippen molar-refractivity contribution in [1.82, 2.24) is 4.90 Å². The van der Waals surface area contributed by atoms with Crippen LogP contribution in [0.5, 0.6) is 0 Å². The average Bonchev–Trinajstić information content (AvgIpc) is 2.03. The summed E-state index contributed by atoms with van der Waals surface area (Å²) in [5.41, 5.74) is 5.29. The lowest BCUT2D eigenvalue weighted by Gasteiger charge is -2.34. The molecule has 0 aromatic rings. The zero-order valence-corrected chi connectivity index (χ0v) is 6.24. The summed E-state index contributed by atoms with van der Waals surface area (Å²) in [6.07, 6.45) is 0. The molecule has 11 heavy (non-hydrogen) atoms. The quantitative estimate of drug-likeness (QED) is 0.385. The molecule has 1 fully saturated rings. The van der Waals surface area contributed by atoms with Crippen LogP contribution in [0.15, 0.2) is 0 Å². The summed E-state index contributed by atoms with van der Waals surface area (Å²) in [5.74, 6) is -0.597. The Kier molecular flexibility index (Phi) is 2.09. The first kappa shape index (κ1) is 8.00. The number of hydrogen-bond acceptors (Lipinski definition) is 4. The standard InChI is InChI=1S/C6H10N2O3/c1-11-5(9)3-8-2-4(7)6(8)10/h4H,2-3,7H2,1H3/t4-/m1/s1. The van der Waals surface area contributed by atoms with Gasteiger partial charge >= 0.3 is 5.97 Å². The lowest BCUT2D eigenvalue weighted by atomic mass is 10.1. The van der Waals surface area contributed by atoms with Crippen LogP contribution in [-0.4, -0.2) is 43.0 Å². The molecule has 1 saturated heterocycles. The van der Waals surface area contributed by atoms with Crippen LogP contribution in [0.3, 0.4) is 0 Å². The molecule has 1 aliphatic rings. The molecule has 1 atom stereocenters. The molecule has 62 valence electrons. The Morgan fingerprint density at radius 1 is 1.91 bits per heavy atom. The van der Waals surface area contributed by atoms with Crippen LogP contribution in [0.1, 0.15) is 0 Å². The molecule has 0 aliphatic carbocycles. The second-order valence-electron chi connectivity index (χ2n) is 2.40. The lowest BCUT2D eigenvalue weighted by Crippen LogP contribution is -2.62. The van der Waals surface area contributed by atoms with Gasteiger partial charge in [-0.1, -0.05) is 0 Å².